The van der Waals surface area contributed by atoms with Crippen molar-refractivity contribution in [3.8, 4) is 11.5 Å². The Bertz CT molecular complexity index is 3000. The van der Waals surface area contributed by atoms with Crippen LogP contribution in [-0.4, -0.2) is 133 Å². The number of pyridine rings is 2. The summed E-state index contributed by atoms with van der Waals surface area (Å²) in [6.45, 7) is 8.64. The molecule has 2 aromatic carbocycles. The first-order valence-electron chi connectivity index (χ1n) is 24.3. The Labute approximate surface area is 432 Å². The van der Waals surface area contributed by atoms with Crippen molar-refractivity contribution >= 4 is 35.6 Å². The highest BCUT2D eigenvalue weighted by molar-refractivity contribution is 6.00. The smallest absolute Gasteiger partial charge is 0.407 e. The van der Waals surface area contributed by atoms with Gasteiger partial charge in [-0.3, -0.25) is 33.6 Å². The van der Waals surface area contributed by atoms with Crippen molar-refractivity contribution < 1.29 is 70.4 Å². The Morgan fingerprint density at radius 1 is 0.724 bits per heavy atom. The molecule has 5 heterocycles. The highest BCUT2D eigenvalue weighted by Crippen LogP contribution is 2.39. The number of carboxylic acid groups (broad SMARTS) is 1. The highest BCUT2D eigenvalue weighted by atomic mass is 19.2. The van der Waals surface area contributed by atoms with E-state index in [1.54, 1.807) is 21.0 Å². The fourth-order valence-corrected chi connectivity index (χ4v) is 9.39. The zero-order chi connectivity index (χ0) is 56.8. The molecule has 5 N–H and O–H groups in total. The molecule has 0 aliphatic carbocycles. The average molecular weight is 1080 g/mol. The van der Waals surface area contributed by atoms with Crippen molar-refractivity contribution in [3.63, 3.8) is 0 Å². The number of hydrogen-bond acceptors (Lipinski definition) is 10. The number of nitrogens with one attached hydrogen (secondary N) is 2. The minimum Gasteiger partial charge on any atom is -0.503 e. The van der Waals surface area contributed by atoms with Crippen LogP contribution in [0.1, 0.15) is 125 Å². The minimum absolute atomic E-state index is 0.118. The van der Waals surface area contributed by atoms with Gasteiger partial charge in [-0.15, -0.1) is 0 Å². The van der Waals surface area contributed by atoms with Crippen LogP contribution in [0, 0.1) is 46.7 Å². The van der Waals surface area contributed by atoms with Gasteiger partial charge in [-0.05, 0) is 38.5 Å². The molecule has 3 aliphatic rings. The Morgan fingerprint density at radius 2 is 1.18 bits per heavy atom. The van der Waals surface area contributed by atoms with Crippen molar-refractivity contribution in [2.45, 2.75) is 91.5 Å². The van der Waals surface area contributed by atoms with Crippen molar-refractivity contribution in [2.75, 3.05) is 47.3 Å². The van der Waals surface area contributed by atoms with Crippen LogP contribution in [0.2, 0.25) is 0 Å². The molecule has 7 rings (SSSR count). The number of amides is 6. The van der Waals surface area contributed by atoms with E-state index < -0.39 is 134 Å². The first-order chi connectivity index (χ1) is 35.8. The summed E-state index contributed by atoms with van der Waals surface area (Å²) < 4.78 is 84.9. The standard InChI is InChI=1S/C25H27F3N4O6.C24H27F3N4O5.C2H6/c1-3-30(25(37)38)9-13-5-4-12(2)31-11-19(13)32-10-16(21(33)22(34)20(32)24(31)36)23(35)29-8-15-17(27)6-14(26)7-18(15)28;1-5-12(6-19(32)29(2)3)18-11-30(4)24(36)20-22(34)21(33)15(10-31(18)20)23(35)28-9-14-16(26)7-13(25)8-17(14)27;1-2/h6-7,10,12-13,19,34H,3-5,8-9,11H2,1-2H3,(H,29,35)(H,37,38);7-8,10,12,18,34H,5-6,9,11H2,1-4H3,(H,28,35);1-2H3. The number of halogens is 6. The van der Waals surface area contributed by atoms with Gasteiger partial charge in [0.1, 0.15) is 46.0 Å². The number of nitrogens with zero attached hydrogens (tertiary/aromatic N) is 6. The molecular formula is C51H60F6N8O11. The summed E-state index contributed by atoms with van der Waals surface area (Å²) in [5.74, 6) is -13.2. The second-order valence-electron chi connectivity index (χ2n) is 18.5. The number of hydrogen-bond donors (Lipinski definition) is 5. The van der Waals surface area contributed by atoms with E-state index in [9.17, 15) is 80.0 Å². The zero-order valence-corrected chi connectivity index (χ0v) is 43.0. The Kier molecular flexibility index (Phi) is 19.1. The first-order valence-corrected chi connectivity index (χ1v) is 24.3. The predicted molar refractivity (Wildman–Crippen MR) is 262 cm³/mol. The quantitative estimate of drug-likeness (QED) is 0.101. The lowest BCUT2D eigenvalue weighted by Crippen LogP contribution is -2.49. The van der Waals surface area contributed by atoms with Crippen LogP contribution in [0.5, 0.6) is 11.5 Å². The van der Waals surface area contributed by atoms with Crippen molar-refractivity contribution in [1.82, 2.24) is 39.4 Å². The van der Waals surface area contributed by atoms with Gasteiger partial charge >= 0.3 is 6.09 Å². The summed E-state index contributed by atoms with van der Waals surface area (Å²) in [6.07, 6.45) is 2.85. The second-order valence-corrected chi connectivity index (χ2v) is 18.5. The van der Waals surface area contributed by atoms with Crippen LogP contribution in [0.4, 0.5) is 31.1 Å². The third-order valence-electron chi connectivity index (χ3n) is 13.7. The lowest BCUT2D eigenvalue weighted by Gasteiger charge is -2.39. The number of aromatic nitrogens is 2. The lowest BCUT2D eigenvalue weighted by molar-refractivity contribution is -0.130. The Hall–Kier alpha value is -7.86. The number of fused-ring (bicyclic) bond motifs is 5. The van der Waals surface area contributed by atoms with Gasteiger partial charge < -0.3 is 54.7 Å². The molecule has 19 nitrogen and oxygen atoms in total. The van der Waals surface area contributed by atoms with Crippen LogP contribution < -0.4 is 21.5 Å². The first kappa shape index (κ1) is 59.0. The summed E-state index contributed by atoms with van der Waals surface area (Å²) in [4.78, 5) is 107. The average Bonchev–Trinajstić information content (AvgIpc) is 3.50. The van der Waals surface area contributed by atoms with Gasteiger partial charge in [0, 0.05) is 121 Å². The number of likely N-dealkylation sites (N-methyl/N-ethyl adjacent to an activating group) is 1. The summed E-state index contributed by atoms with van der Waals surface area (Å²) in [7, 11) is 4.71. The van der Waals surface area contributed by atoms with E-state index in [1.165, 1.54) is 35.8 Å². The second kappa shape index (κ2) is 24.7. The number of carbonyl (C=O) groups excluding carboxylic acids is 5. The summed E-state index contributed by atoms with van der Waals surface area (Å²) >= 11 is 0. The summed E-state index contributed by atoms with van der Waals surface area (Å²) in [6, 6.07) is 0.458. The van der Waals surface area contributed by atoms with Crippen LogP contribution in [0.3, 0.4) is 0 Å². The van der Waals surface area contributed by atoms with Crippen LogP contribution >= 0.6 is 0 Å². The van der Waals surface area contributed by atoms with E-state index >= 15 is 0 Å². The fraction of sp³-hybridized carbons (Fsp3) is 0.451. The molecule has 3 aliphatic heterocycles. The highest BCUT2D eigenvalue weighted by Gasteiger charge is 2.44. The van der Waals surface area contributed by atoms with Crippen LogP contribution in [0.25, 0.3) is 0 Å². The molecule has 412 valence electrons. The zero-order valence-electron chi connectivity index (χ0n) is 43.0. The van der Waals surface area contributed by atoms with Gasteiger partial charge in [-0.2, -0.15) is 0 Å². The van der Waals surface area contributed by atoms with E-state index in [0.717, 1.165) is 12.4 Å². The largest absolute Gasteiger partial charge is 0.503 e. The van der Waals surface area contributed by atoms with Crippen LogP contribution in [-0.2, 0) is 17.9 Å². The molecule has 25 heteroatoms. The van der Waals surface area contributed by atoms with Gasteiger partial charge in [0.05, 0.1) is 12.1 Å². The Balaban J connectivity index is 0.000000272. The molecule has 5 atom stereocenters. The molecular weight excluding hydrogens is 1010 g/mol. The normalized spacial score (nSPS) is 17.9. The van der Waals surface area contributed by atoms with Gasteiger partial charge in [0.25, 0.3) is 23.6 Å². The Morgan fingerprint density at radius 3 is 1.62 bits per heavy atom. The fourth-order valence-electron chi connectivity index (χ4n) is 9.39. The molecule has 0 radical (unpaired) electrons. The maximum atomic E-state index is 14.0. The minimum atomic E-state index is -1.23. The molecule has 0 spiro atoms. The molecule has 2 aromatic heterocycles. The van der Waals surface area contributed by atoms with Crippen molar-refractivity contribution in [1.29, 1.82) is 0 Å². The van der Waals surface area contributed by atoms with Gasteiger partial charge in [0.2, 0.25) is 16.8 Å². The van der Waals surface area contributed by atoms with E-state index in [4.69, 9.17) is 0 Å². The lowest BCUT2D eigenvalue weighted by atomic mass is 9.90. The number of benzene rings is 2. The molecule has 1 saturated heterocycles. The van der Waals surface area contributed by atoms with E-state index in [-0.39, 0.29) is 67.8 Å². The van der Waals surface area contributed by atoms with Gasteiger partial charge in [-0.25, -0.2) is 31.1 Å². The van der Waals surface area contributed by atoms with Gasteiger partial charge in [-0.1, -0.05) is 27.2 Å². The SMILES string of the molecule is CC.CCC(CC(=O)N(C)C)C1CN(C)C(=O)c2c(O)c(=O)c(C(=O)NCc3c(F)cc(F)cc3F)cn21.CCN(CC1CCC(C)N2CC1n1cc(C(=O)NCc3c(F)cc(F)cc3F)c(=O)c(O)c1C2=O)C(=O)O. The predicted octanol–water partition coefficient (Wildman–Crippen LogP) is 5.76. The molecule has 5 unspecified atom stereocenters. The van der Waals surface area contributed by atoms with E-state index in [1.807, 2.05) is 27.7 Å². The number of rotatable bonds is 13. The molecule has 1 fully saturated rings. The molecule has 4 aromatic rings. The third-order valence-corrected chi connectivity index (χ3v) is 13.7. The van der Waals surface area contributed by atoms with Crippen molar-refractivity contribution in [3.05, 3.63) is 126 Å². The summed E-state index contributed by atoms with van der Waals surface area (Å²) in [5.41, 5.74) is -5.29. The van der Waals surface area contributed by atoms with Crippen molar-refractivity contribution in [2.24, 2.45) is 11.8 Å². The molecule has 0 saturated carbocycles. The van der Waals surface area contributed by atoms with E-state index in [0.29, 0.717) is 43.5 Å². The van der Waals surface area contributed by atoms with E-state index in [2.05, 4.69) is 10.6 Å². The van der Waals surface area contributed by atoms with Crippen LogP contribution in [0.15, 0.2) is 46.2 Å². The number of aromatic hydroxyl groups is 2. The topological polar surface area (TPSA) is 244 Å². The van der Waals surface area contributed by atoms with Gasteiger partial charge in [0.15, 0.2) is 22.9 Å². The molecule has 6 amide bonds. The maximum absolute atomic E-state index is 14.0. The maximum Gasteiger partial charge on any atom is 0.407 e. The monoisotopic (exact) mass is 1070 g/mol. The third kappa shape index (κ3) is 12.3. The molecule has 2 bridgehead atoms. The summed E-state index contributed by atoms with van der Waals surface area (Å²) in [5, 5.41) is 35.3. The number of carbonyl (C=O) groups is 6. The molecule has 76 heavy (non-hydrogen) atoms.